The zero-order chi connectivity index (χ0) is 8.55. The minimum absolute atomic E-state index is 0.410. The Labute approximate surface area is 81.3 Å². The largest absolute Gasteiger partial charge is 0.381 e. The fourth-order valence-electron chi connectivity index (χ4n) is 0.864. The number of hydrogen-bond donors (Lipinski definition) is 1. The van der Waals surface area contributed by atoms with Crippen molar-refractivity contribution >= 4 is 33.1 Å². The van der Waals surface area contributed by atoms with E-state index in [1.807, 2.05) is 11.4 Å². The van der Waals surface area contributed by atoms with Crippen molar-refractivity contribution in [3.63, 3.8) is 0 Å². The third-order valence-electron chi connectivity index (χ3n) is 1.38. The first kappa shape index (κ1) is 7.82. The molecule has 3 nitrogen and oxygen atoms in total. The van der Waals surface area contributed by atoms with E-state index in [9.17, 15) is 0 Å². The highest BCUT2D eigenvalue weighted by Crippen LogP contribution is 2.29. The molecular weight excluding hydrogens is 240 g/mol. The van der Waals surface area contributed by atoms with E-state index in [1.54, 1.807) is 17.4 Å². The summed E-state index contributed by atoms with van der Waals surface area (Å²) < 4.78 is 6.04. The van der Waals surface area contributed by atoms with E-state index >= 15 is 0 Å². The molecule has 0 radical (unpaired) electrons. The molecular formula is C7H5BrN2OS. The molecule has 0 aliphatic heterocycles. The Bertz CT molecular complexity index is 357. The Hall–Kier alpha value is -0.810. The minimum Gasteiger partial charge on any atom is -0.381 e. The van der Waals surface area contributed by atoms with Crippen molar-refractivity contribution < 1.29 is 4.52 Å². The van der Waals surface area contributed by atoms with Gasteiger partial charge in [0.2, 0.25) is 0 Å². The smallest absolute Gasteiger partial charge is 0.169 e. The van der Waals surface area contributed by atoms with Crippen LogP contribution in [0.3, 0.4) is 0 Å². The lowest BCUT2D eigenvalue weighted by atomic mass is 10.3. The predicted octanol–water partition coefficient (Wildman–Crippen LogP) is 2.75. The normalized spacial score (nSPS) is 10.4. The van der Waals surface area contributed by atoms with Crippen LogP contribution in [-0.2, 0) is 0 Å². The zero-order valence-corrected chi connectivity index (χ0v) is 8.35. The lowest BCUT2D eigenvalue weighted by Crippen LogP contribution is -1.79. The molecule has 12 heavy (non-hydrogen) atoms. The molecule has 0 atom stereocenters. The number of nitrogens with zero attached hydrogens (tertiary/aromatic N) is 1. The Morgan fingerprint density at radius 3 is 2.83 bits per heavy atom. The predicted molar refractivity (Wildman–Crippen MR) is 51.9 cm³/mol. The molecule has 0 saturated heterocycles. The highest BCUT2D eigenvalue weighted by Gasteiger charge is 2.05. The van der Waals surface area contributed by atoms with Gasteiger partial charge >= 0.3 is 0 Å². The summed E-state index contributed by atoms with van der Waals surface area (Å²) in [4.78, 5) is 0. The van der Waals surface area contributed by atoms with Crippen molar-refractivity contribution in [3.05, 3.63) is 21.3 Å². The van der Waals surface area contributed by atoms with E-state index in [4.69, 9.17) is 10.3 Å². The maximum atomic E-state index is 5.41. The van der Waals surface area contributed by atoms with Gasteiger partial charge in [0.15, 0.2) is 11.6 Å². The molecule has 0 fully saturated rings. The number of nitrogens with two attached hydrogens (primary N) is 1. The lowest BCUT2D eigenvalue weighted by Gasteiger charge is -1.83. The Morgan fingerprint density at radius 2 is 2.33 bits per heavy atom. The number of aromatic nitrogens is 1. The van der Waals surface area contributed by atoms with Crippen LogP contribution in [0.2, 0.25) is 0 Å². The summed E-state index contributed by atoms with van der Waals surface area (Å²) in [6.07, 6.45) is 0. The van der Waals surface area contributed by atoms with Crippen LogP contribution in [0.4, 0.5) is 5.82 Å². The van der Waals surface area contributed by atoms with Gasteiger partial charge in [0, 0.05) is 17.0 Å². The van der Waals surface area contributed by atoms with Crippen LogP contribution in [0.25, 0.3) is 11.3 Å². The molecule has 62 valence electrons. The summed E-state index contributed by atoms with van der Waals surface area (Å²) in [5, 5.41) is 5.57. The zero-order valence-electron chi connectivity index (χ0n) is 5.95. The van der Waals surface area contributed by atoms with E-state index in [1.165, 1.54) is 0 Å². The van der Waals surface area contributed by atoms with Crippen LogP contribution in [0.15, 0.2) is 25.8 Å². The first-order valence-corrected chi connectivity index (χ1v) is 4.89. The summed E-state index contributed by atoms with van der Waals surface area (Å²) in [5.41, 5.74) is 6.41. The number of nitrogen functional groups attached to an aromatic ring is 1. The monoisotopic (exact) mass is 244 g/mol. The summed E-state index contributed by atoms with van der Waals surface area (Å²) in [5.74, 6) is 1.11. The highest BCUT2D eigenvalue weighted by molar-refractivity contribution is 9.11. The SMILES string of the molecule is Nc1cc(-c2csc(Br)c2)on1. The molecule has 5 heteroatoms. The van der Waals surface area contributed by atoms with Crippen molar-refractivity contribution in [1.29, 1.82) is 0 Å². The van der Waals surface area contributed by atoms with E-state index < -0.39 is 0 Å². The number of anilines is 1. The summed E-state index contributed by atoms with van der Waals surface area (Å²) in [7, 11) is 0. The molecule has 0 amide bonds. The molecule has 0 bridgehead atoms. The van der Waals surface area contributed by atoms with Gasteiger partial charge < -0.3 is 10.3 Å². The maximum absolute atomic E-state index is 5.41. The lowest BCUT2D eigenvalue weighted by molar-refractivity contribution is 0.436. The number of thiophene rings is 1. The fourth-order valence-corrected chi connectivity index (χ4v) is 2.01. The third-order valence-corrected chi connectivity index (χ3v) is 2.88. The van der Waals surface area contributed by atoms with Gasteiger partial charge in [-0.05, 0) is 22.0 Å². The average molecular weight is 245 g/mol. The van der Waals surface area contributed by atoms with Crippen LogP contribution in [0.5, 0.6) is 0 Å². The van der Waals surface area contributed by atoms with E-state index in [-0.39, 0.29) is 0 Å². The van der Waals surface area contributed by atoms with Gasteiger partial charge in [0.25, 0.3) is 0 Å². The van der Waals surface area contributed by atoms with Crippen molar-refractivity contribution in [3.8, 4) is 11.3 Å². The van der Waals surface area contributed by atoms with Crippen LogP contribution < -0.4 is 5.73 Å². The molecule has 0 aliphatic carbocycles. The summed E-state index contributed by atoms with van der Waals surface area (Å²) in [6.45, 7) is 0. The van der Waals surface area contributed by atoms with E-state index in [0.29, 0.717) is 11.6 Å². The molecule has 0 aliphatic rings. The van der Waals surface area contributed by atoms with E-state index in [0.717, 1.165) is 9.35 Å². The highest BCUT2D eigenvalue weighted by atomic mass is 79.9. The van der Waals surface area contributed by atoms with Gasteiger partial charge in [0.1, 0.15) is 0 Å². The fraction of sp³-hybridized carbons (Fsp3) is 0. The average Bonchev–Trinajstić information content (AvgIpc) is 2.58. The second-order valence-electron chi connectivity index (χ2n) is 2.26. The van der Waals surface area contributed by atoms with Crippen molar-refractivity contribution in [1.82, 2.24) is 5.16 Å². The van der Waals surface area contributed by atoms with Crippen molar-refractivity contribution in [2.75, 3.05) is 5.73 Å². The van der Waals surface area contributed by atoms with Crippen molar-refractivity contribution in [2.24, 2.45) is 0 Å². The molecule has 0 saturated carbocycles. The molecule has 2 rings (SSSR count). The van der Waals surface area contributed by atoms with Gasteiger partial charge in [-0.3, -0.25) is 0 Å². The summed E-state index contributed by atoms with van der Waals surface area (Å²) >= 11 is 4.96. The second kappa shape index (κ2) is 2.91. The van der Waals surface area contributed by atoms with Crippen LogP contribution in [0.1, 0.15) is 0 Å². The number of rotatable bonds is 1. The quantitative estimate of drug-likeness (QED) is 0.840. The second-order valence-corrected chi connectivity index (χ2v) is 4.55. The Balaban J connectivity index is 2.43. The third kappa shape index (κ3) is 1.37. The first-order chi connectivity index (χ1) is 5.75. The minimum atomic E-state index is 0.410. The molecule has 0 aromatic carbocycles. The van der Waals surface area contributed by atoms with Gasteiger partial charge in [-0.2, -0.15) is 0 Å². The molecule has 2 heterocycles. The van der Waals surface area contributed by atoms with Crippen molar-refractivity contribution in [2.45, 2.75) is 0 Å². The molecule has 0 spiro atoms. The molecule has 2 aromatic heterocycles. The van der Waals surface area contributed by atoms with Gasteiger partial charge in [0.05, 0.1) is 3.79 Å². The van der Waals surface area contributed by atoms with Gasteiger partial charge in [-0.15, -0.1) is 11.3 Å². The van der Waals surface area contributed by atoms with E-state index in [2.05, 4.69) is 21.1 Å². The Kier molecular flexibility index (Phi) is 1.90. The number of hydrogen-bond acceptors (Lipinski definition) is 4. The standard InChI is InChI=1S/C7H5BrN2OS/c8-6-1-4(3-12-6)5-2-7(9)10-11-5/h1-3H,(H2,9,10). The first-order valence-electron chi connectivity index (χ1n) is 3.22. The van der Waals surface area contributed by atoms with Gasteiger partial charge in [-0.25, -0.2) is 0 Å². The van der Waals surface area contributed by atoms with Crippen LogP contribution in [-0.4, -0.2) is 5.16 Å². The molecule has 2 aromatic rings. The number of halogens is 1. The maximum Gasteiger partial charge on any atom is 0.169 e. The van der Waals surface area contributed by atoms with Crippen LogP contribution >= 0.6 is 27.3 Å². The topological polar surface area (TPSA) is 52.0 Å². The summed E-state index contributed by atoms with van der Waals surface area (Å²) in [6, 6.07) is 3.67. The molecule has 2 N–H and O–H groups in total. The van der Waals surface area contributed by atoms with Crippen LogP contribution in [0, 0.1) is 0 Å². The van der Waals surface area contributed by atoms with Gasteiger partial charge in [-0.1, -0.05) is 5.16 Å². The molecule has 0 unspecified atom stereocenters. The Morgan fingerprint density at radius 1 is 1.50 bits per heavy atom.